The van der Waals surface area contributed by atoms with Gasteiger partial charge in [0.15, 0.2) is 0 Å². The van der Waals surface area contributed by atoms with Gasteiger partial charge < -0.3 is 5.32 Å². The number of Topliss-reactive ketones (excluding diaryl/α,β-unsaturated/α-hetero) is 1. The van der Waals surface area contributed by atoms with E-state index in [1.165, 1.54) is 17.7 Å². The van der Waals surface area contributed by atoms with Crippen LogP contribution in [0.3, 0.4) is 0 Å². The largest absolute Gasteiger partial charge is 0.317 e. The highest BCUT2D eigenvalue weighted by atomic mass is 32.1. The summed E-state index contributed by atoms with van der Waals surface area (Å²) < 4.78 is 0. The predicted molar refractivity (Wildman–Crippen MR) is 72.5 cm³/mol. The van der Waals surface area contributed by atoms with Crippen molar-refractivity contribution in [2.45, 2.75) is 38.5 Å². The molecule has 1 aliphatic heterocycles. The summed E-state index contributed by atoms with van der Waals surface area (Å²) in [6.45, 7) is 2.27. The first-order valence-corrected chi connectivity index (χ1v) is 7.47. The normalized spacial score (nSPS) is 17.2. The van der Waals surface area contributed by atoms with Crippen LogP contribution in [0.5, 0.6) is 0 Å². The first kappa shape index (κ1) is 12.8. The van der Waals surface area contributed by atoms with E-state index in [4.69, 9.17) is 0 Å². The summed E-state index contributed by atoms with van der Waals surface area (Å²) in [6, 6.07) is 4.17. The van der Waals surface area contributed by atoms with E-state index in [-0.39, 0.29) is 0 Å². The van der Waals surface area contributed by atoms with E-state index in [2.05, 4.69) is 22.8 Å². The van der Waals surface area contributed by atoms with Gasteiger partial charge in [0, 0.05) is 17.7 Å². The fraction of sp³-hybridized carbons (Fsp3) is 0.643. The number of carbonyl (C=O) groups is 1. The van der Waals surface area contributed by atoms with Gasteiger partial charge in [-0.2, -0.15) is 0 Å². The molecule has 0 radical (unpaired) electrons. The van der Waals surface area contributed by atoms with Gasteiger partial charge in [0.05, 0.1) is 0 Å². The van der Waals surface area contributed by atoms with Crippen LogP contribution in [0, 0.1) is 5.92 Å². The number of aryl methyl sites for hydroxylation is 1. The zero-order valence-corrected chi connectivity index (χ0v) is 11.1. The van der Waals surface area contributed by atoms with E-state index in [9.17, 15) is 4.79 Å². The molecule has 0 saturated carbocycles. The number of ketones is 1. The first-order valence-electron chi connectivity index (χ1n) is 6.59. The Morgan fingerprint density at radius 3 is 2.88 bits per heavy atom. The summed E-state index contributed by atoms with van der Waals surface area (Å²) in [5.41, 5.74) is 0. The Balaban J connectivity index is 1.60. The van der Waals surface area contributed by atoms with Crippen LogP contribution in [-0.4, -0.2) is 18.9 Å². The highest BCUT2D eigenvalue weighted by Crippen LogP contribution is 2.19. The summed E-state index contributed by atoms with van der Waals surface area (Å²) in [6.07, 6.45) is 6.05. The summed E-state index contributed by atoms with van der Waals surface area (Å²) in [4.78, 5) is 13.1. The molecule has 0 unspecified atom stereocenters. The smallest absolute Gasteiger partial charge is 0.133 e. The summed E-state index contributed by atoms with van der Waals surface area (Å²) in [5, 5.41) is 5.44. The molecule has 1 fully saturated rings. The molecule has 1 N–H and O–H groups in total. The average Bonchev–Trinajstić information content (AvgIpc) is 2.88. The lowest BCUT2D eigenvalue weighted by Crippen LogP contribution is -2.28. The second kappa shape index (κ2) is 6.92. The highest BCUT2D eigenvalue weighted by Gasteiger charge is 2.14. The lowest BCUT2D eigenvalue weighted by atomic mass is 9.92. The standard InChI is InChI=1S/C14H21NOS/c16-13(5-6-14-2-1-11-17-14)4-3-12-7-9-15-10-8-12/h1-2,11-12,15H,3-10H2. The molecule has 1 saturated heterocycles. The molecule has 2 nitrogen and oxygen atoms in total. The van der Waals surface area contributed by atoms with E-state index in [0.717, 1.165) is 44.7 Å². The van der Waals surface area contributed by atoms with Crippen molar-refractivity contribution in [1.29, 1.82) is 0 Å². The van der Waals surface area contributed by atoms with Gasteiger partial charge >= 0.3 is 0 Å². The van der Waals surface area contributed by atoms with Crippen LogP contribution in [0.15, 0.2) is 17.5 Å². The molecule has 0 bridgehead atoms. The van der Waals surface area contributed by atoms with Gasteiger partial charge in [-0.3, -0.25) is 4.79 Å². The second-order valence-electron chi connectivity index (χ2n) is 4.85. The number of carbonyl (C=O) groups excluding carboxylic acids is 1. The monoisotopic (exact) mass is 251 g/mol. The van der Waals surface area contributed by atoms with Gasteiger partial charge in [-0.1, -0.05) is 6.07 Å². The fourth-order valence-electron chi connectivity index (χ4n) is 2.38. The van der Waals surface area contributed by atoms with Crippen LogP contribution in [0.4, 0.5) is 0 Å². The van der Waals surface area contributed by atoms with Gasteiger partial charge in [-0.15, -0.1) is 11.3 Å². The molecule has 17 heavy (non-hydrogen) atoms. The van der Waals surface area contributed by atoms with Crippen molar-refractivity contribution in [3.8, 4) is 0 Å². The topological polar surface area (TPSA) is 29.1 Å². The Kier molecular flexibility index (Phi) is 5.20. The van der Waals surface area contributed by atoms with Crippen LogP contribution in [0.2, 0.25) is 0 Å². The second-order valence-corrected chi connectivity index (χ2v) is 5.88. The third kappa shape index (κ3) is 4.60. The molecular weight excluding hydrogens is 230 g/mol. The van der Waals surface area contributed by atoms with Gasteiger partial charge in [0.1, 0.15) is 5.78 Å². The van der Waals surface area contributed by atoms with Gasteiger partial charge in [0.25, 0.3) is 0 Å². The van der Waals surface area contributed by atoms with E-state index in [1.807, 2.05) is 0 Å². The molecular formula is C14H21NOS. The summed E-state index contributed by atoms with van der Waals surface area (Å²) in [5.74, 6) is 1.22. The minimum Gasteiger partial charge on any atom is -0.317 e. The average molecular weight is 251 g/mol. The van der Waals surface area contributed by atoms with E-state index >= 15 is 0 Å². The molecule has 2 rings (SSSR count). The number of thiophene rings is 1. The molecule has 0 amide bonds. The molecule has 0 aliphatic carbocycles. The quantitative estimate of drug-likeness (QED) is 0.842. The number of hydrogen-bond donors (Lipinski definition) is 1. The Labute approximate surface area is 107 Å². The molecule has 94 valence electrons. The lowest BCUT2D eigenvalue weighted by Gasteiger charge is -2.22. The molecule has 3 heteroatoms. The minimum absolute atomic E-state index is 0.442. The minimum atomic E-state index is 0.442. The molecule has 0 spiro atoms. The van der Waals surface area contributed by atoms with Crippen LogP contribution >= 0.6 is 11.3 Å². The van der Waals surface area contributed by atoms with Crippen molar-refractivity contribution >= 4 is 17.1 Å². The molecule has 2 heterocycles. The maximum Gasteiger partial charge on any atom is 0.133 e. The Hall–Kier alpha value is -0.670. The van der Waals surface area contributed by atoms with Crippen LogP contribution < -0.4 is 5.32 Å². The molecule has 1 aliphatic rings. The zero-order valence-electron chi connectivity index (χ0n) is 10.3. The van der Waals surface area contributed by atoms with Gasteiger partial charge in [-0.25, -0.2) is 0 Å². The summed E-state index contributed by atoms with van der Waals surface area (Å²) in [7, 11) is 0. The number of rotatable bonds is 6. The molecule has 1 aromatic rings. The molecule has 0 aromatic carbocycles. The maximum absolute atomic E-state index is 11.8. The Morgan fingerprint density at radius 1 is 1.35 bits per heavy atom. The number of piperidine rings is 1. The van der Waals surface area contributed by atoms with Crippen LogP contribution in [-0.2, 0) is 11.2 Å². The van der Waals surface area contributed by atoms with Crippen molar-refractivity contribution in [3.05, 3.63) is 22.4 Å². The molecule has 1 aromatic heterocycles. The summed E-state index contributed by atoms with van der Waals surface area (Å²) >= 11 is 1.75. The third-order valence-corrected chi connectivity index (χ3v) is 4.46. The van der Waals surface area contributed by atoms with Crippen molar-refractivity contribution in [2.75, 3.05) is 13.1 Å². The van der Waals surface area contributed by atoms with Crippen LogP contribution in [0.1, 0.15) is 37.0 Å². The van der Waals surface area contributed by atoms with Crippen molar-refractivity contribution in [2.24, 2.45) is 5.92 Å². The highest BCUT2D eigenvalue weighted by molar-refractivity contribution is 7.09. The van der Waals surface area contributed by atoms with E-state index in [1.54, 1.807) is 11.3 Å². The first-order chi connectivity index (χ1) is 8.34. The van der Waals surface area contributed by atoms with Crippen molar-refractivity contribution in [3.63, 3.8) is 0 Å². The van der Waals surface area contributed by atoms with E-state index < -0.39 is 0 Å². The van der Waals surface area contributed by atoms with Gasteiger partial charge in [-0.05, 0) is 56.1 Å². The predicted octanol–water partition coefficient (Wildman–Crippen LogP) is 3.03. The van der Waals surface area contributed by atoms with Crippen LogP contribution in [0.25, 0.3) is 0 Å². The SMILES string of the molecule is O=C(CCc1cccs1)CCC1CCNCC1. The van der Waals surface area contributed by atoms with Crippen molar-refractivity contribution in [1.82, 2.24) is 5.32 Å². The van der Waals surface area contributed by atoms with Gasteiger partial charge in [0.2, 0.25) is 0 Å². The maximum atomic E-state index is 11.8. The number of hydrogen-bond acceptors (Lipinski definition) is 3. The lowest BCUT2D eigenvalue weighted by molar-refractivity contribution is -0.119. The Morgan fingerprint density at radius 2 is 2.18 bits per heavy atom. The van der Waals surface area contributed by atoms with E-state index in [0.29, 0.717) is 5.78 Å². The third-order valence-electron chi connectivity index (χ3n) is 3.52. The molecule has 0 atom stereocenters. The number of nitrogens with one attached hydrogen (secondary N) is 1. The van der Waals surface area contributed by atoms with Crippen molar-refractivity contribution < 1.29 is 4.79 Å². The zero-order chi connectivity index (χ0) is 11.9. The fourth-order valence-corrected chi connectivity index (χ4v) is 3.09. The Bertz CT molecular complexity index is 328.